The quantitative estimate of drug-likeness (QED) is 0.765. The number of hydrogen-bond acceptors (Lipinski definition) is 4. The Bertz CT molecular complexity index is 404. The largest absolute Gasteiger partial charge is 0.351 e. The van der Waals surface area contributed by atoms with E-state index in [1.54, 1.807) is 19.1 Å². The summed E-state index contributed by atoms with van der Waals surface area (Å²) in [6, 6.07) is 7.32. The Morgan fingerprint density at radius 3 is 2.39 bits per heavy atom. The second-order valence-electron chi connectivity index (χ2n) is 3.84. The molecular formula is C13H18N2O2S. The van der Waals surface area contributed by atoms with Crippen LogP contribution < -0.4 is 10.6 Å². The third-order valence-corrected chi connectivity index (χ3v) is 3.20. The highest BCUT2D eigenvalue weighted by Gasteiger charge is 2.04. The van der Waals surface area contributed by atoms with E-state index in [1.165, 1.54) is 11.8 Å². The van der Waals surface area contributed by atoms with Crippen LogP contribution in [0.25, 0.3) is 0 Å². The van der Waals surface area contributed by atoms with Crippen molar-refractivity contribution in [2.24, 2.45) is 0 Å². The lowest BCUT2D eigenvalue weighted by Crippen LogP contribution is -2.30. The summed E-state index contributed by atoms with van der Waals surface area (Å²) >= 11 is 1.27. The number of carbonyl (C=O) groups is 2. The second kappa shape index (κ2) is 7.89. The highest BCUT2D eigenvalue weighted by molar-refractivity contribution is 8.12. The molecule has 0 unspecified atom stereocenters. The molecule has 1 rings (SSSR count). The van der Waals surface area contributed by atoms with Gasteiger partial charge in [-0.05, 0) is 24.7 Å². The van der Waals surface area contributed by atoms with Gasteiger partial charge in [-0.2, -0.15) is 0 Å². The second-order valence-corrected chi connectivity index (χ2v) is 4.99. The molecular weight excluding hydrogens is 248 g/mol. The van der Waals surface area contributed by atoms with Crippen molar-refractivity contribution >= 4 is 22.8 Å². The van der Waals surface area contributed by atoms with Gasteiger partial charge in [-0.1, -0.05) is 23.9 Å². The van der Waals surface area contributed by atoms with Gasteiger partial charge in [-0.15, -0.1) is 0 Å². The fourth-order valence-corrected chi connectivity index (χ4v) is 1.90. The molecule has 0 heterocycles. The SMILES string of the molecule is CNCCNC(=O)c1ccc(CSC(C)=O)cc1. The van der Waals surface area contributed by atoms with Crippen molar-refractivity contribution in [3.05, 3.63) is 35.4 Å². The van der Waals surface area contributed by atoms with Crippen LogP contribution in [0.4, 0.5) is 0 Å². The van der Waals surface area contributed by atoms with Crippen LogP contribution in [-0.4, -0.2) is 31.2 Å². The zero-order valence-electron chi connectivity index (χ0n) is 10.7. The van der Waals surface area contributed by atoms with Gasteiger partial charge in [-0.3, -0.25) is 9.59 Å². The molecule has 1 aromatic carbocycles. The molecule has 98 valence electrons. The number of benzene rings is 1. The molecule has 5 heteroatoms. The summed E-state index contributed by atoms with van der Waals surface area (Å²) < 4.78 is 0. The summed E-state index contributed by atoms with van der Waals surface area (Å²) in [4.78, 5) is 22.5. The lowest BCUT2D eigenvalue weighted by atomic mass is 10.1. The predicted molar refractivity (Wildman–Crippen MR) is 74.7 cm³/mol. The lowest BCUT2D eigenvalue weighted by molar-refractivity contribution is -0.109. The van der Waals surface area contributed by atoms with E-state index < -0.39 is 0 Å². The molecule has 0 saturated heterocycles. The van der Waals surface area contributed by atoms with Crippen molar-refractivity contribution in [3.8, 4) is 0 Å². The normalized spacial score (nSPS) is 10.1. The van der Waals surface area contributed by atoms with Gasteiger partial charge in [0.1, 0.15) is 0 Å². The van der Waals surface area contributed by atoms with Crippen LogP contribution >= 0.6 is 11.8 Å². The van der Waals surface area contributed by atoms with Crippen molar-refractivity contribution in [2.75, 3.05) is 20.1 Å². The first-order chi connectivity index (χ1) is 8.63. The summed E-state index contributed by atoms with van der Waals surface area (Å²) in [5, 5.41) is 5.87. The maximum absolute atomic E-state index is 11.7. The zero-order chi connectivity index (χ0) is 13.4. The molecule has 1 amide bonds. The van der Waals surface area contributed by atoms with E-state index in [0.29, 0.717) is 17.9 Å². The number of thioether (sulfide) groups is 1. The Hall–Kier alpha value is -1.33. The van der Waals surface area contributed by atoms with Crippen LogP contribution in [0, 0.1) is 0 Å². The minimum atomic E-state index is -0.0731. The fourth-order valence-electron chi connectivity index (χ4n) is 1.34. The number of hydrogen-bond donors (Lipinski definition) is 2. The van der Waals surface area contributed by atoms with Gasteiger partial charge in [0.15, 0.2) is 5.12 Å². The fraction of sp³-hybridized carbons (Fsp3) is 0.385. The first kappa shape index (κ1) is 14.7. The molecule has 0 fully saturated rings. The number of likely N-dealkylation sites (N-methyl/N-ethyl adjacent to an activating group) is 1. The van der Waals surface area contributed by atoms with Gasteiger partial charge < -0.3 is 10.6 Å². The van der Waals surface area contributed by atoms with Crippen LogP contribution in [0.15, 0.2) is 24.3 Å². The molecule has 2 N–H and O–H groups in total. The molecule has 0 aliphatic heterocycles. The molecule has 0 aromatic heterocycles. The lowest BCUT2D eigenvalue weighted by Gasteiger charge is -2.05. The van der Waals surface area contributed by atoms with Gasteiger partial charge in [-0.25, -0.2) is 0 Å². The average molecular weight is 266 g/mol. The van der Waals surface area contributed by atoms with Crippen LogP contribution in [0.5, 0.6) is 0 Å². The van der Waals surface area contributed by atoms with Crippen molar-refractivity contribution in [3.63, 3.8) is 0 Å². The van der Waals surface area contributed by atoms with Crippen LogP contribution in [0.1, 0.15) is 22.8 Å². The highest BCUT2D eigenvalue weighted by atomic mass is 32.2. The molecule has 1 aromatic rings. The maximum Gasteiger partial charge on any atom is 0.251 e. The molecule has 0 atom stereocenters. The molecule has 0 radical (unpaired) electrons. The van der Waals surface area contributed by atoms with Crippen LogP contribution in [-0.2, 0) is 10.5 Å². The van der Waals surface area contributed by atoms with E-state index in [4.69, 9.17) is 0 Å². The summed E-state index contributed by atoms with van der Waals surface area (Å²) in [6.45, 7) is 2.91. The maximum atomic E-state index is 11.7. The third kappa shape index (κ3) is 5.33. The molecule has 0 bridgehead atoms. The number of rotatable bonds is 6. The van der Waals surface area contributed by atoms with Crippen LogP contribution in [0.2, 0.25) is 0 Å². The molecule has 18 heavy (non-hydrogen) atoms. The van der Waals surface area contributed by atoms with E-state index in [-0.39, 0.29) is 11.0 Å². The Kier molecular flexibility index (Phi) is 6.46. The van der Waals surface area contributed by atoms with Crippen molar-refractivity contribution in [1.29, 1.82) is 0 Å². The monoisotopic (exact) mass is 266 g/mol. The van der Waals surface area contributed by atoms with Crippen molar-refractivity contribution < 1.29 is 9.59 Å². The minimum absolute atomic E-state index is 0.0731. The van der Waals surface area contributed by atoms with Crippen LogP contribution in [0.3, 0.4) is 0 Å². The zero-order valence-corrected chi connectivity index (χ0v) is 11.5. The topological polar surface area (TPSA) is 58.2 Å². The Morgan fingerprint density at radius 1 is 1.17 bits per heavy atom. The molecule has 4 nitrogen and oxygen atoms in total. The van der Waals surface area contributed by atoms with E-state index in [1.807, 2.05) is 19.2 Å². The Balaban J connectivity index is 2.48. The molecule has 0 saturated carbocycles. The van der Waals surface area contributed by atoms with E-state index in [2.05, 4.69) is 10.6 Å². The van der Waals surface area contributed by atoms with Crippen molar-refractivity contribution in [2.45, 2.75) is 12.7 Å². The van der Waals surface area contributed by atoms with Gasteiger partial charge in [0, 0.05) is 31.3 Å². The highest BCUT2D eigenvalue weighted by Crippen LogP contribution is 2.13. The van der Waals surface area contributed by atoms with E-state index >= 15 is 0 Å². The number of nitrogens with one attached hydrogen (secondary N) is 2. The van der Waals surface area contributed by atoms with Gasteiger partial charge >= 0.3 is 0 Å². The van der Waals surface area contributed by atoms with E-state index in [0.717, 1.165) is 12.1 Å². The molecule has 0 spiro atoms. The standard InChI is InChI=1S/C13H18N2O2S/c1-10(16)18-9-11-3-5-12(6-4-11)13(17)15-8-7-14-2/h3-6,14H,7-9H2,1-2H3,(H,15,17). The predicted octanol–water partition coefficient (Wildman–Crippen LogP) is 1.42. The molecule has 0 aliphatic rings. The summed E-state index contributed by atoms with van der Waals surface area (Å²) in [7, 11) is 1.84. The first-order valence-corrected chi connectivity index (χ1v) is 6.77. The summed E-state index contributed by atoms with van der Waals surface area (Å²) in [5.41, 5.74) is 1.68. The van der Waals surface area contributed by atoms with Gasteiger partial charge in [0.25, 0.3) is 5.91 Å². The third-order valence-electron chi connectivity index (χ3n) is 2.32. The summed E-state index contributed by atoms with van der Waals surface area (Å²) in [6.07, 6.45) is 0. The summed E-state index contributed by atoms with van der Waals surface area (Å²) in [5.74, 6) is 0.577. The Morgan fingerprint density at radius 2 is 1.83 bits per heavy atom. The van der Waals surface area contributed by atoms with Gasteiger partial charge in [0.05, 0.1) is 0 Å². The minimum Gasteiger partial charge on any atom is -0.351 e. The van der Waals surface area contributed by atoms with Gasteiger partial charge in [0.2, 0.25) is 0 Å². The molecule has 0 aliphatic carbocycles. The van der Waals surface area contributed by atoms with Crippen molar-refractivity contribution in [1.82, 2.24) is 10.6 Å². The number of carbonyl (C=O) groups excluding carboxylic acids is 2. The average Bonchev–Trinajstić information content (AvgIpc) is 2.37. The smallest absolute Gasteiger partial charge is 0.251 e. The Labute approximate surface area is 112 Å². The first-order valence-electron chi connectivity index (χ1n) is 5.78. The van der Waals surface area contributed by atoms with E-state index in [9.17, 15) is 9.59 Å². The number of amides is 1.